The zero-order chi connectivity index (χ0) is 23.9. The Morgan fingerprint density at radius 2 is 2.12 bits per heavy atom. The Morgan fingerprint density at radius 3 is 2.82 bits per heavy atom. The Balaban J connectivity index is 1.39. The van der Waals surface area contributed by atoms with Crippen LogP contribution >= 0.6 is 12.2 Å². The highest BCUT2D eigenvalue weighted by atomic mass is 32.1. The van der Waals surface area contributed by atoms with Crippen LogP contribution in [0.3, 0.4) is 0 Å². The third-order valence-electron chi connectivity index (χ3n) is 5.82. The predicted molar refractivity (Wildman–Crippen MR) is 110 cm³/mol. The zero-order valence-corrected chi connectivity index (χ0v) is 18.0. The number of aliphatic hydroxyl groups excluding tert-OH is 2. The van der Waals surface area contributed by atoms with Crippen LogP contribution in [0.4, 0.5) is 8.78 Å². The molecule has 6 N–H and O–H groups in total. The number of fused-ring (bicyclic) bond motifs is 1. The minimum Gasteiger partial charge on any atom is -0.488 e. The summed E-state index contributed by atoms with van der Waals surface area (Å²) in [6.07, 6.45) is -2.93. The summed E-state index contributed by atoms with van der Waals surface area (Å²) in [6.45, 7) is 0.0707. The topological polar surface area (TPSA) is 149 Å². The van der Waals surface area contributed by atoms with E-state index in [0.717, 1.165) is 11.8 Å². The minimum absolute atomic E-state index is 0.0307. The molecule has 33 heavy (non-hydrogen) atoms. The van der Waals surface area contributed by atoms with Crippen molar-refractivity contribution in [3.05, 3.63) is 46.0 Å². The lowest BCUT2D eigenvalue weighted by Crippen LogP contribution is -2.50. The van der Waals surface area contributed by atoms with Crippen molar-refractivity contribution in [2.45, 2.75) is 43.0 Å². The quantitative estimate of drug-likeness (QED) is 0.235. The SMILES string of the molecule is O=C(O)[C@H]1O[C@@](O)(CNCCc2c[nH]c(=S)n2[C@H]2COc3c(F)cc(F)cc3C2)[C@@H](O)C1O. The molecule has 2 aromatic rings. The molecule has 5 atom stereocenters. The summed E-state index contributed by atoms with van der Waals surface area (Å²) in [7, 11) is 0. The number of imidazole rings is 1. The van der Waals surface area contributed by atoms with Gasteiger partial charge in [-0.25, -0.2) is 13.6 Å². The van der Waals surface area contributed by atoms with Crippen LogP contribution in [0.5, 0.6) is 5.75 Å². The Kier molecular flexibility index (Phi) is 6.53. The summed E-state index contributed by atoms with van der Waals surface area (Å²) >= 11 is 5.36. The summed E-state index contributed by atoms with van der Waals surface area (Å²) in [5.41, 5.74) is 1.15. The number of benzene rings is 1. The molecule has 0 radical (unpaired) electrons. The number of carboxylic acid groups (broad SMARTS) is 1. The number of aliphatic hydroxyl groups is 3. The van der Waals surface area contributed by atoms with Crippen molar-refractivity contribution in [2.75, 3.05) is 19.7 Å². The van der Waals surface area contributed by atoms with Crippen LogP contribution in [0.1, 0.15) is 17.3 Å². The number of aromatic nitrogens is 2. The molecule has 1 unspecified atom stereocenters. The van der Waals surface area contributed by atoms with Gasteiger partial charge in [0.25, 0.3) is 0 Å². The number of carbonyl (C=O) groups is 1. The second kappa shape index (κ2) is 9.08. The first-order chi connectivity index (χ1) is 15.6. The van der Waals surface area contributed by atoms with E-state index in [1.54, 1.807) is 10.8 Å². The number of ether oxygens (including phenoxy) is 2. The van der Waals surface area contributed by atoms with Crippen molar-refractivity contribution in [1.29, 1.82) is 0 Å². The van der Waals surface area contributed by atoms with E-state index >= 15 is 0 Å². The number of aliphatic carboxylic acids is 1. The molecule has 2 aliphatic rings. The maximum absolute atomic E-state index is 13.9. The summed E-state index contributed by atoms with van der Waals surface area (Å²) in [6, 6.07) is 1.70. The molecule has 2 aliphatic heterocycles. The van der Waals surface area contributed by atoms with Gasteiger partial charge in [0.05, 0.1) is 12.6 Å². The number of hydrogen-bond acceptors (Lipinski definition) is 8. The first kappa shape index (κ1) is 23.7. The van der Waals surface area contributed by atoms with Crippen molar-refractivity contribution in [2.24, 2.45) is 0 Å². The van der Waals surface area contributed by atoms with E-state index in [1.807, 2.05) is 0 Å². The second-order valence-corrected chi connectivity index (χ2v) is 8.47. The predicted octanol–water partition coefficient (Wildman–Crippen LogP) is 0.0260. The monoisotopic (exact) mass is 487 g/mol. The summed E-state index contributed by atoms with van der Waals surface area (Å²) < 4.78 is 40.2. The van der Waals surface area contributed by atoms with Gasteiger partial charge in [0, 0.05) is 42.9 Å². The molecule has 0 saturated carbocycles. The molecule has 4 rings (SSSR count). The van der Waals surface area contributed by atoms with Crippen LogP contribution in [0, 0.1) is 16.4 Å². The zero-order valence-electron chi connectivity index (χ0n) is 17.2. The number of halogens is 2. The molecule has 1 fully saturated rings. The number of hydrogen-bond donors (Lipinski definition) is 6. The highest BCUT2D eigenvalue weighted by Crippen LogP contribution is 2.33. The molecular formula is C20H23F2N3O7S. The Bertz CT molecular complexity index is 1110. The van der Waals surface area contributed by atoms with Crippen LogP contribution < -0.4 is 10.1 Å². The largest absolute Gasteiger partial charge is 0.488 e. The second-order valence-electron chi connectivity index (χ2n) is 8.08. The molecule has 10 nitrogen and oxygen atoms in total. The third-order valence-corrected chi connectivity index (χ3v) is 6.14. The average Bonchev–Trinajstić information content (AvgIpc) is 3.23. The number of nitrogens with one attached hydrogen (secondary N) is 2. The smallest absolute Gasteiger partial charge is 0.335 e. The van der Waals surface area contributed by atoms with E-state index in [4.69, 9.17) is 26.8 Å². The van der Waals surface area contributed by atoms with E-state index in [2.05, 4.69) is 10.3 Å². The van der Waals surface area contributed by atoms with Gasteiger partial charge in [-0.2, -0.15) is 0 Å². The number of rotatable bonds is 7. The fraction of sp³-hybridized carbons (Fsp3) is 0.500. The molecule has 1 aromatic carbocycles. The lowest BCUT2D eigenvalue weighted by atomic mass is 10.0. The van der Waals surface area contributed by atoms with E-state index in [9.17, 15) is 28.9 Å². The van der Waals surface area contributed by atoms with E-state index in [0.29, 0.717) is 23.2 Å². The normalized spacial score (nSPS) is 29.0. The van der Waals surface area contributed by atoms with Crippen molar-refractivity contribution < 1.29 is 43.5 Å². The third kappa shape index (κ3) is 4.52. The lowest BCUT2D eigenvalue weighted by molar-refractivity contribution is -0.226. The Morgan fingerprint density at radius 1 is 1.36 bits per heavy atom. The number of carboxylic acids is 1. The summed E-state index contributed by atoms with van der Waals surface area (Å²) in [4.78, 5) is 14.0. The van der Waals surface area contributed by atoms with Crippen LogP contribution in [0.2, 0.25) is 0 Å². The highest BCUT2D eigenvalue weighted by Gasteiger charge is 2.55. The van der Waals surface area contributed by atoms with Crippen LogP contribution in [0.25, 0.3) is 0 Å². The van der Waals surface area contributed by atoms with Gasteiger partial charge in [-0.3, -0.25) is 0 Å². The maximum atomic E-state index is 13.9. The van der Waals surface area contributed by atoms with Gasteiger partial charge in [-0.05, 0) is 18.3 Å². The molecule has 0 bridgehead atoms. The van der Waals surface area contributed by atoms with E-state index < -0.39 is 41.7 Å². The van der Waals surface area contributed by atoms with Gasteiger partial charge in [-0.15, -0.1) is 0 Å². The van der Waals surface area contributed by atoms with E-state index in [1.165, 1.54) is 6.07 Å². The number of aromatic amines is 1. The van der Waals surface area contributed by atoms with Crippen molar-refractivity contribution in [3.8, 4) is 5.75 Å². The number of H-pyrrole nitrogens is 1. The molecular weight excluding hydrogens is 464 g/mol. The van der Waals surface area contributed by atoms with Gasteiger partial charge in [0.2, 0.25) is 5.79 Å². The van der Waals surface area contributed by atoms with Crippen LogP contribution in [-0.4, -0.2) is 79.7 Å². The molecule has 0 amide bonds. The standard InChI is InChI=1S/C20H23F2N3O7S/c21-10-3-9-4-12(7-31-15(9)13(22)5-10)25-11(6-24-19(25)33)1-2-23-8-20(30)17(27)14(26)16(32-20)18(28)29/h3,5-6,12,14,16-17,23,26-27,30H,1-2,4,7-8H2,(H,24,33)(H,28,29)/t12-,14?,16+,17+,20+/m1/s1. The average molecular weight is 487 g/mol. The summed E-state index contributed by atoms with van der Waals surface area (Å²) in [5.74, 6) is -5.19. The van der Waals surface area contributed by atoms with Gasteiger partial charge in [-0.1, -0.05) is 0 Å². The Labute approximate surface area is 191 Å². The van der Waals surface area contributed by atoms with Crippen molar-refractivity contribution in [3.63, 3.8) is 0 Å². The fourth-order valence-corrected chi connectivity index (χ4v) is 4.54. The van der Waals surface area contributed by atoms with Crippen LogP contribution in [0.15, 0.2) is 18.3 Å². The molecule has 3 heterocycles. The van der Waals surface area contributed by atoms with Gasteiger partial charge >= 0.3 is 5.97 Å². The van der Waals surface area contributed by atoms with Gasteiger partial charge in [0.1, 0.15) is 24.6 Å². The maximum Gasteiger partial charge on any atom is 0.335 e. The van der Waals surface area contributed by atoms with Crippen molar-refractivity contribution >= 4 is 18.2 Å². The first-order valence-corrected chi connectivity index (χ1v) is 10.6. The van der Waals surface area contributed by atoms with Crippen molar-refractivity contribution in [1.82, 2.24) is 14.9 Å². The molecule has 0 aliphatic carbocycles. The summed E-state index contributed by atoms with van der Waals surface area (Å²) in [5, 5.41) is 42.0. The first-order valence-electron chi connectivity index (χ1n) is 10.2. The Hall–Kier alpha value is -2.42. The minimum atomic E-state index is -2.27. The molecule has 1 saturated heterocycles. The molecule has 0 spiro atoms. The highest BCUT2D eigenvalue weighted by molar-refractivity contribution is 7.71. The van der Waals surface area contributed by atoms with Crippen LogP contribution in [-0.2, 0) is 22.4 Å². The fourth-order valence-electron chi connectivity index (χ4n) is 4.21. The van der Waals surface area contributed by atoms with Gasteiger partial charge in [0.15, 0.2) is 22.4 Å². The molecule has 1 aromatic heterocycles. The lowest BCUT2D eigenvalue weighted by Gasteiger charge is -2.28. The van der Waals surface area contributed by atoms with Gasteiger partial charge < -0.3 is 44.8 Å². The van der Waals surface area contributed by atoms with E-state index in [-0.39, 0.29) is 31.5 Å². The molecule has 13 heteroatoms. The number of nitrogens with zero attached hydrogens (tertiary/aromatic N) is 1. The molecule has 180 valence electrons.